The van der Waals surface area contributed by atoms with Crippen molar-refractivity contribution in [1.29, 1.82) is 5.26 Å². The molecule has 122 valence electrons. The van der Waals surface area contributed by atoms with E-state index in [1.54, 1.807) is 24.3 Å². The largest absolute Gasteiger partial charge is 0.459 e. The molecule has 2 atom stereocenters. The lowest BCUT2D eigenvalue weighted by Gasteiger charge is -2.25. The highest BCUT2D eigenvalue weighted by atomic mass is 16.3. The van der Waals surface area contributed by atoms with E-state index >= 15 is 0 Å². The highest BCUT2D eigenvalue weighted by Crippen LogP contribution is 2.28. The molecule has 4 heteroatoms. The summed E-state index contributed by atoms with van der Waals surface area (Å²) in [5, 5.41) is 20.4. The van der Waals surface area contributed by atoms with Crippen molar-refractivity contribution >= 4 is 11.0 Å². The maximum atomic E-state index is 10.4. The summed E-state index contributed by atoms with van der Waals surface area (Å²) in [4.78, 5) is 2.06. The van der Waals surface area contributed by atoms with Gasteiger partial charge in [-0.2, -0.15) is 5.26 Å². The number of para-hydroxylation sites is 1. The van der Waals surface area contributed by atoms with Crippen molar-refractivity contribution in [2.24, 2.45) is 0 Å². The predicted molar refractivity (Wildman–Crippen MR) is 93.4 cm³/mol. The van der Waals surface area contributed by atoms with Crippen molar-refractivity contribution in [3.8, 4) is 6.07 Å². The summed E-state index contributed by atoms with van der Waals surface area (Å²) >= 11 is 0. The Bertz CT molecular complexity index is 828. The molecule has 0 saturated carbocycles. The predicted octanol–water partition coefficient (Wildman–Crippen LogP) is 4.03. The van der Waals surface area contributed by atoms with Crippen molar-refractivity contribution in [1.82, 2.24) is 4.90 Å². The highest BCUT2D eigenvalue weighted by molar-refractivity contribution is 5.77. The molecule has 0 aliphatic heterocycles. The van der Waals surface area contributed by atoms with Gasteiger partial charge in [0.1, 0.15) is 11.3 Å². The van der Waals surface area contributed by atoms with Gasteiger partial charge in [0.2, 0.25) is 0 Å². The van der Waals surface area contributed by atoms with Crippen molar-refractivity contribution in [2.45, 2.75) is 19.1 Å². The Hall–Kier alpha value is -2.61. The van der Waals surface area contributed by atoms with Crippen LogP contribution in [0.3, 0.4) is 0 Å². The van der Waals surface area contributed by atoms with Gasteiger partial charge < -0.3 is 9.52 Å². The molecule has 0 bridgehead atoms. The minimum absolute atomic E-state index is 0.0467. The van der Waals surface area contributed by atoms with E-state index in [-0.39, 0.29) is 6.04 Å². The smallest absolute Gasteiger partial charge is 0.134 e. The molecule has 0 aliphatic carbocycles. The quantitative estimate of drug-likeness (QED) is 0.771. The average molecular weight is 320 g/mol. The maximum absolute atomic E-state index is 10.4. The number of aliphatic hydroxyl groups is 1. The van der Waals surface area contributed by atoms with Gasteiger partial charge in [-0.25, -0.2) is 0 Å². The number of rotatable bonds is 5. The summed E-state index contributed by atoms with van der Waals surface area (Å²) in [7, 11) is 1.96. The Balaban J connectivity index is 1.70. The Labute approximate surface area is 141 Å². The average Bonchev–Trinajstić information content (AvgIpc) is 3.05. The maximum Gasteiger partial charge on any atom is 0.134 e. The number of likely N-dealkylation sites (N-methyl/N-ethyl adjacent to an activating group) is 1. The van der Waals surface area contributed by atoms with Gasteiger partial charge in [-0.05, 0) is 43.8 Å². The summed E-state index contributed by atoms with van der Waals surface area (Å²) < 4.78 is 5.91. The molecule has 24 heavy (non-hydrogen) atoms. The molecule has 0 spiro atoms. The molecular weight excluding hydrogens is 300 g/mol. The molecule has 1 heterocycles. The van der Waals surface area contributed by atoms with E-state index < -0.39 is 6.10 Å². The van der Waals surface area contributed by atoms with Crippen LogP contribution in [-0.2, 0) is 0 Å². The second-order valence-corrected chi connectivity index (χ2v) is 6.05. The van der Waals surface area contributed by atoms with Crippen molar-refractivity contribution in [3.05, 3.63) is 71.5 Å². The lowest BCUT2D eigenvalue weighted by Crippen LogP contribution is -2.27. The first-order valence-corrected chi connectivity index (χ1v) is 7.95. The van der Waals surface area contributed by atoms with E-state index in [4.69, 9.17) is 9.68 Å². The zero-order valence-corrected chi connectivity index (χ0v) is 13.8. The van der Waals surface area contributed by atoms with Crippen LogP contribution in [0.2, 0.25) is 0 Å². The van der Waals surface area contributed by atoms with Gasteiger partial charge >= 0.3 is 0 Å². The van der Waals surface area contributed by atoms with Crippen LogP contribution in [0.4, 0.5) is 0 Å². The molecule has 0 amide bonds. The van der Waals surface area contributed by atoms with Gasteiger partial charge in [-0.15, -0.1) is 0 Å². The van der Waals surface area contributed by atoms with Gasteiger partial charge in [0, 0.05) is 11.9 Å². The molecule has 3 rings (SSSR count). The molecule has 0 saturated heterocycles. The molecule has 1 aromatic heterocycles. The minimum atomic E-state index is -0.616. The van der Waals surface area contributed by atoms with Crippen LogP contribution in [-0.4, -0.2) is 23.6 Å². The van der Waals surface area contributed by atoms with Gasteiger partial charge in [0.15, 0.2) is 0 Å². The molecule has 2 aromatic carbocycles. The van der Waals surface area contributed by atoms with Crippen LogP contribution in [0.15, 0.2) is 59.0 Å². The topological polar surface area (TPSA) is 60.4 Å². The number of hydrogen-bond donors (Lipinski definition) is 1. The fourth-order valence-corrected chi connectivity index (χ4v) is 2.74. The van der Waals surface area contributed by atoms with Crippen molar-refractivity contribution in [2.75, 3.05) is 13.6 Å². The number of fused-ring (bicyclic) bond motifs is 1. The summed E-state index contributed by atoms with van der Waals surface area (Å²) in [6, 6.07) is 19.1. The lowest BCUT2D eigenvalue weighted by atomic mass is 10.1. The number of aliphatic hydroxyl groups excluding tert-OH is 1. The Kier molecular flexibility index (Phi) is 4.66. The van der Waals surface area contributed by atoms with E-state index in [0.29, 0.717) is 12.1 Å². The molecule has 0 fully saturated rings. The van der Waals surface area contributed by atoms with Crippen LogP contribution in [0, 0.1) is 11.3 Å². The summed E-state index contributed by atoms with van der Waals surface area (Å²) in [5.74, 6) is 0.880. The number of hydrogen-bond acceptors (Lipinski definition) is 4. The zero-order valence-electron chi connectivity index (χ0n) is 13.8. The third-order valence-electron chi connectivity index (χ3n) is 4.40. The van der Waals surface area contributed by atoms with Crippen molar-refractivity contribution in [3.63, 3.8) is 0 Å². The third kappa shape index (κ3) is 3.33. The standard InChI is InChI=1S/C20H20N2O2/c1-14(20-11-17-5-3-4-6-19(17)24-20)22(2)13-18(23)16-9-7-15(12-21)8-10-16/h3-11,14,18,23H,13H2,1-2H3. The molecule has 0 radical (unpaired) electrons. The molecular formula is C20H20N2O2. The molecule has 2 unspecified atom stereocenters. The lowest BCUT2D eigenvalue weighted by molar-refractivity contribution is 0.103. The van der Waals surface area contributed by atoms with E-state index in [2.05, 4.69) is 17.9 Å². The first-order valence-electron chi connectivity index (χ1n) is 7.95. The van der Waals surface area contributed by atoms with Crippen LogP contribution in [0.5, 0.6) is 0 Å². The van der Waals surface area contributed by atoms with Gasteiger partial charge in [0.25, 0.3) is 0 Å². The number of nitrogens with zero attached hydrogens (tertiary/aromatic N) is 2. The van der Waals surface area contributed by atoms with E-state index in [0.717, 1.165) is 22.3 Å². The van der Waals surface area contributed by atoms with E-state index in [1.807, 2.05) is 37.4 Å². The highest BCUT2D eigenvalue weighted by Gasteiger charge is 2.19. The molecule has 0 aliphatic rings. The number of furan rings is 1. The van der Waals surface area contributed by atoms with E-state index in [1.165, 1.54) is 0 Å². The monoisotopic (exact) mass is 320 g/mol. The number of benzene rings is 2. The fraction of sp³-hybridized carbons (Fsp3) is 0.250. The summed E-state index contributed by atoms with van der Waals surface area (Å²) in [5.41, 5.74) is 2.27. The Morgan fingerprint density at radius 2 is 1.88 bits per heavy atom. The van der Waals surface area contributed by atoms with Crippen LogP contribution >= 0.6 is 0 Å². The van der Waals surface area contributed by atoms with Crippen LogP contribution < -0.4 is 0 Å². The fourth-order valence-electron chi connectivity index (χ4n) is 2.74. The first-order chi connectivity index (χ1) is 11.6. The van der Waals surface area contributed by atoms with Gasteiger partial charge in [-0.1, -0.05) is 30.3 Å². The SMILES string of the molecule is CC(c1cc2ccccc2o1)N(C)CC(O)c1ccc(C#N)cc1. The second kappa shape index (κ2) is 6.88. The zero-order chi connectivity index (χ0) is 17.1. The third-order valence-corrected chi connectivity index (χ3v) is 4.40. The first kappa shape index (κ1) is 16.3. The van der Waals surface area contributed by atoms with E-state index in [9.17, 15) is 5.11 Å². The Morgan fingerprint density at radius 1 is 1.17 bits per heavy atom. The second-order valence-electron chi connectivity index (χ2n) is 6.05. The van der Waals surface area contributed by atoms with Crippen molar-refractivity contribution < 1.29 is 9.52 Å². The van der Waals surface area contributed by atoms with Crippen LogP contribution in [0.1, 0.15) is 36.0 Å². The number of nitriles is 1. The summed E-state index contributed by atoms with van der Waals surface area (Å²) in [6.45, 7) is 2.54. The summed E-state index contributed by atoms with van der Waals surface area (Å²) in [6.07, 6.45) is -0.616. The van der Waals surface area contributed by atoms with Gasteiger partial charge in [-0.3, -0.25) is 4.90 Å². The molecule has 4 nitrogen and oxygen atoms in total. The Morgan fingerprint density at radius 3 is 2.54 bits per heavy atom. The molecule has 1 N–H and O–H groups in total. The van der Waals surface area contributed by atoms with Crippen LogP contribution in [0.25, 0.3) is 11.0 Å². The van der Waals surface area contributed by atoms with Gasteiger partial charge in [0.05, 0.1) is 23.8 Å². The minimum Gasteiger partial charge on any atom is -0.459 e. The molecule has 3 aromatic rings. The normalized spacial score (nSPS) is 13.8.